The van der Waals surface area contributed by atoms with Gasteiger partial charge >= 0.3 is 0 Å². The molecule has 0 bridgehead atoms. The summed E-state index contributed by atoms with van der Waals surface area (Å²) in [6, 6.07) is -0.710. The van der Waals surface area contributed by atoms with Crippen LogP contribution in [-0.4, -0.2) is 11.0 Å². The number of allylic oxidation sites excluding steroid dienone is 2. The molecule has 0 aliphatic heterocycles. The van der Waals surface area contributed by atoms with Gasteiger partial charge in [0.2, 0.25) is 6.04 Å². The van der Waals surface area contributed by atoms with Crippen LogP contribution in [0.15, 0.2) is 35.2 Å². The first-order chi connectivity index (χ1) is 6.50. The van der Waals surface area contributed by atoms with E-state index in [1.807, 2.05) is 0 Å². The summed E-state index contributed by atoms with van der Waals surface area (Å²) in [5, 5.41) is 13.9. The first-order valence-corrected chi connectivity index (χ1v) is 4.51. The second-order valence-electron chi connectivity index (χ2n) is 3.14. The lowest BCUT2D eigenvalue weighted by molar-refractivity contribution is -0.508. The zero-order chi connectivity index (χ0) is 10.7. The predicted molar refractivity (Wildman–Crippen MR) is 55.4 cm³/mol. The van der Waals surface area contributed by atoms with Crippen molar-refractivity contribution in [1.29, 1.82) is 0 Å². The number of rotatable bonds is 3. The summed E-state index contributed by atoms with van der Waals surface area (Å²) in [6.45, 7) is 5.46. The minimum Gasteiger partial charge on any atom is -0.359 e. The molecule has 0 aromatic heterocycles. The van der Waals surface area contributed by atoms with Gasteiger partial charge in [0.15, 0.2) is 0 Å². The van der Waals surface area contributed by atoms with Crippen LogP contribution >= 0.6 is 11.6 Å². The van der Waals surface area contributed by atoms with E-state index in [0.717, 1.165) is 5.70 Å². The zero-order valence-electron chi connectivity index (χ0n) is 7.79. The summed E-state index contributed by atoms with van der Waals surface area (Å²) in [4.78, 5) is 10.1. The Morgan fingerprint density at radius 1 is 1.86 bits per heavy atom. The summed E-state index contributed by atoms with van der Waals surface area (Å²) in [6.07, 6.45) is 3.38. The smallest absolute Gasteiger partial charge is 0.236 e. The number of nitrogens with one attached hydrogen (secondary N) is 1. The second kappa shape index (κ2) is 4.28. The normalized spacial score (nSPS) is 20.9. The quantitative estimate of drug-likeness (QED) is 0.579. The van der Waals surface area contributed by atoms with E-state index in [0.29, 0.717) is 10.7 Å². The fourth-order valence-electron chi connectivity index (χ4n) is 1.14. The Balaban J connectivity index is 2.74. The Morgan fingerprint density at radius 2 is 2.50 bits per heavy atom. The van der Waals surface area contributed by atoms with E-state index in [1.165, 1.54) is 6.08 Å². The van der Waals surface area contributed by atoms with Crippen molar-refractivity contribution in [2.45, 2.75) is 19.4 Å². The molecule has 76 valence electrons. The molecule has 1 atom stereocenters. The number of nitrogens with zero attached hydrogens (tertiary/aromatic N) is 1. The third-order valence-corrected chi connectivity index (χ3v) is 2.14. The minimum atomic E-state index is -0.710. The lowest BCUT2D eigenvalue weighted by Crippen LogP contribution is -2.22. The van der Waals surface area contributed by atoms with Gasteiger partial charge in [0.25, 0.3) is 0 Å². The molecule has 0 saturated heterocycles. The van der Waals surface area contributed by atoms with E-state index in [1.54, 1.807) is 13.0 Å². The highest BCUT2D eigenvalue weighted by Crippen LogP contribution is 2.22. The third kappa shape index (κ3) is 2.60. The maximum atomic E-state index is 10.5. The largest absolute Gasteiger partial charge is 0.359 e. The summed E-state index contributed by atoms with van der Waals surface area (Å²) >= 11 is 5.89. The molecule has 0 radical (unpaired) electrons. The maximum Gasteiger partial charge on any atom is 0.236 e. The highest BCUT2D eigenvalue weighted by atomic mass is 35.5. The zero-order valence-corrected chi connectivity index (χ0v) is 8.54. The molecule has 0 heterocycles. The molecule has 14 heavy (non-hydrogen) atoms. The Morgan fingerprint density at radius 3 is 2.93 bits per heavy atom. The summed E-state index contributed by atoms with van der Waals surface area (Å²) in [5.74, 6) is 0. The van der Waals surface area contributed by atoms with Gasteiger partial charge in [0, 0.05) is 15.7 Å². The van der Waals surface area contributed by atoms with Crippen molar-refractivity contribution in [3.63, 3.8) is 0 Å². The van der Waals surface area contributed by atoms with E-state index in [-0.39, 0.29) is 11.3 Å². The monoisotopic (exact) mass is 214 g/mol. The van der Waals surface area contributed by atoms with Crippen LogP contribution in [0.4, 0.5) is 0 Å². The van der Waals surface area contributed by atoms with Gasteiger partial charge in [-0.3, -0.25) is 10.1 Å². The molecule has 5 heteroatoms. The van der Waals surface area contributed by atoms with Crippen molar-refractivity contribution in [3.05, 3.63) is 45.3 Å². The lowest BCUT2D eigenvalue weighted by atomic mass is 10.1. The Kier molecular flexibility index (Phi) is 3.30. The van der Waals surface area contributed by atoms with Crippen LogP contribution < -0.4 is 5.32 Å². The van der Waals surface area contributed by atoms with Crippen molar-refractivity contribution < 1.29 is 4.92 Å². The number of hydrogen-bond donors (Lipinski definition) is 1. The minimum absolute atomic E-state index is 0.237. The van der Waals surface area contributed by atoms with Gasteiger partial charge in [-0.2, -0.15) is 0 Å². The molecule has 1 N–H and O–H groups in total. The van der Waals surface area contributed by atoms with Crippen molar-refractivity contribution in [3.8, 4) is 0 Å². The van der Waals surface area contributed by atoms with Crippen LogP contribution in [0.25, 0.3) is 0 Å². The molecule has 1 unspecified atom stereocenters. The molecule has 0 aromatic carbocycles. The van der Waals surface area contributed by atoms with Gasteiger partial charge in [-0.1, -0.05) is 18.2 Å². The molecular formula is C9H11ClN2O2. The van der Waals surface area contributed by atoms with Gasteiger partial charge in [0.05, 0.1) is 12.1 Å². The Hall–Kier alpha value is -1.29. The van der Waals surface area contributed by atoms with E-state index in [4.69, 9.17) is 11.6 Å². The fourth-order valence-corrected chi connectivity index (χ4v) is 1.41. The average Bonchev–Trinajstić information content (AvgIpc) is 2.07. The number of halogens is 1. The van der Waals surface area contributed by atoms with E-state index < -0.39 is 6.04 Å². The second-order valence-corrected chi connectivity index (χ2v) is 3.60. The Bertz CT molecular complexity index is 334. The molecule has 0 aromatic rings. The summed E-state index contributed by atoms with van der Waals surface area (Å²) in [5.41, 5.74) is 1.44. The van der Waals surface area contributed by atoms with Crippen LogP contribution in [0.3, 0.4) is 0 Å². The molecule has 1 rings (SSSR count). The highest BCUT2D eigenvalue weighted by molar-refractivity contribution is 6.30. The summed E-state index contributed by atoms with van der Waals surface area (Å²) < 4.78 is 0. The molecule has 0 spiro atoms. The molecule has 0 amide bonds. The van der Waals surface area contributed by atoms with Gasteiger partial charge in [-0.05, 0) is 19.1 Å². The first kappa shape index (κ1) is 10.8. The number of nitro groups is 1. The SMILES string of the molecule is C=C(C)NC1=C(Cl)CC([N+](=O)[O-])C=C1. The topological polar surface area (TPSA) is 55.2 Å². The van der Waals surface area contributed by atoms with E-state index >= 15 is 0 Å². The molecule has 0 saturated carbocycles. The van der Waals surface area contributed by atoms with Gasteiger partial charge in [-0.25, -0.2) is 0 Å². The van der Waals surface area contributed by atoms with Crippen LogP contribution in [0, 0.1) is 10.1 Å². The predicted octanol–water partition coefficient (Wildman–Crippen LogP) is 2.17. The van der Waals surface area contributed by atoms with Crippen LogP contribution in [0.2, 0.25) is 0 Å². The van der Waals surface area contributed by atoms with Crippen molar-refractivity contribution in [1.82, 2.24) is 5.32 Å². The van der Waals surface area contributed by atoms with E-state index in [9.17, 15) is 10.1 Å². The first-order valence-electron chi connectivity index (χ1n) is 4.13. The van der Waals surface area contributed by atoms with Crippen LogP contribution in [-0.2, 0) is 0 Å². The van der Waals surface area contributed by atoms with Gasteiger partial charge < -0.3 is 5.32 Å². The van der Waals surface area contributed by atoms with Crippen molar-refractivity contribution >= 4 is 11.6 Å². The number of hydrogen-bond acceptors (Lipinski definition) is 3. The molecule has 1 aliphatic rings. The molecule has 0 fully saturated rings. The highest BCUT2D eigenvalue weighted by Gasteiger charge is 2.23. The van der Waals surface area contributed by atoms with Crippen LogP contribution in [0.1, 0.15) is 13.3 Å². The standard InChI is InChI=1S/C9H11ClN2O2/c1-6(2)11-9-4-3-7(12(13)14)5-8(9)10/h3-4,7,11H,1,5H2,2H3. The van der Waals surface area contributed by atoms with Gasteiger partial charge in [-0.15, -0.1) is 0 Å². The van der Waals surface area contributed by atoms with Gasteiger partial charge in [0.1, 0.15) is 0 Å². The molecule has 4 nitrogen and oxygen atoms in total. The average molecular weight is 215 g/mol. The van der Waals surface area contributed by atoms with Crippen molar-refractivity contribution in [2.75, 3.05) is 0 Å². The maximum absolute atomic E-state index is 10.5. The van der Waals surface area contributed by atoms with Crippen LogP contribution in [0.5, 0.6) is 0 Å². The molecule has 1 aliphatic carbocycles. The van der Waals surface area contributed by atoms with E-state index in [2.05, 4.69) is 11.9 Å². The Labute approximate surface area is 87.1 Å². The lowest BCUT2D eigenvalue weighted by Gasteiger charge is -2.15. The van der Waals surface area contributed by atoms with Crippen molar-refractivity contribution in [2.24, 2.45) is 0 Å². The fraction of sp³-hybridized carbons (Fsp3) is 0.333. The summed E-state index contributed by atoms with van der Waals surface area (Å²) in [7, 11) is 0. The third-order valence-electron chi connectivity index (χ3n) is 1.78. The molecular weight excluding hydrogens is 204 g/mol.